The van der Waals surface area contributed by atoms with Crippen LogP contribution in [0, 0.1) is 11.3 Å². The zero-order valence-corrected chi connectivity index (χ0v) is 8.89. The van der Waals surface area contributed by atoms with Crippen LogP contribution in [0.3, 0.4) is 0 Å². The monoisotopic (exact) mass is 236 g/mol. The van der Waals surface area contributed by atoms with E-state index in [4.69, 9.17) is 15.1 Å². The van der Waals surface area contributed by atoms with E-state index in [0.717, 1.165) is 0 Å². The summed E-state index contributed by atoms with van der Waals surface area (Å²) in [5, 5.41) is 36.9. The smallest absolute Gasteiger partial charge is 0.128 e. The third-order valence-electron chi connectivity index (χ3n) is 2.75. The lowest BCUT2D eigenvalue weighted by Gasteiger charge is -2.13. The van der Waals surface area contributed by atoms with Gasteiger partial charge in [-0.2, -0.15) is 5.26 Å². The molecule has 6 nitrogen and oxygen atoms in total. The molecule has 1 aliphatic rings. The predicted molar refractivity (Wildman–Crippen MR) is 55.7 cm³/mol. The minimum absolute atomic E-state index is 0.370. The fourth-order valence-electron chi connectivity index (χ4n) is 1.78. The molecule has 2 heterocycles. The fraction of sp³-hybridized carbons (Fsp3) is 0.455. The summed E-state index contributed by atoms with van der Waals surface area (Å²) in [6.45, 7) is -0.370. The Hall–Kier alpha value is -1.52. The second-order valence-electron chi connectivity index (χ2n) is 3.84. The van der Waals surface area contributed by atoms with Crippen molar-refractivity contribution in [3.8, 4) is 6.07 Å². The van der Waals surface area contributed by atoms with E-state index < -0.39 is 24.4 Å². The van der Waals surface area contributed by atoms with Crippen LogP contribution in [-0.4, -0.2) is 45.2 Å². The van der Waals surface area contributed by atoms with E-state index in [0.29, 0.717) is 11.3 Å². The second-order valence-corrected chi connectivity index (χ2v) is 3.84. The Morgan fingerprint density at radius 1 is 1.35 bits per heavy atom. The van der Waals surface area contributed by atoms with Crippen molar-refractivity contribution < 1.29 is 20.1 Å². The van der Waals surface area contributed by atoms with Crippen molar-refractivity contribution in [2.24, 2.45) is 0 Å². The first-order chi connectivity index (χ1) is 8.17. The highest BCUT2D eigenvalue weighted by Crippen LogP contribution is 2.32. The van der Waals surface area contributed by atoms with Crippen LogP contribution < -0.4 is 0 Å². The van der Waals surface area contributed by atoms with Gasteiger partial charge in [-0.05, 0) is 12.1 Å². The summed E-state index contributed by atoms with van der Waals surface area (Å²) in [7, 11) is 0. The first-order valence-electron chi connectivity index (χ1n) is 5.16. The summed E-state index contributed by atoms with van der Waals surface area (Å²) >= 11 is 0. The number of aliphatic hydroxyl groups is 3. The third kappa shape index (κ3) is 2.14. The molecular weight excluding hydrogens is 224 g/mol. The van der Waals surface area contributed by atoms with E-state index >= 15 is 0 Å². The SMILES string of the molecule is N#Cc1ccc(C2O[C@H](CO)[C@@H](O)[C@H]2O)nc1. The Labute approximate surface area is 97.7 Å². The molecule has 0 amide bonds. The van der Waals surface area contributed by atoms with Crippen LogP contribution in [0.2, 0.25) is 0 Å². The van der Waals surface area contributed by atoms with Gasteiger partial charge in [-0.15, -0.1) is 0 Å². The van der Waals surface area contributed by atoms with Gasteiger partial charge < -0.3 is 20.1 Å². The first-order valence-corrected chi connectivity index (χ1v) is 5.16. The van der Waals surface area contributed by atoms with Gasteiger partial charge in [0.2, 0.25) is 0 Å². The number of aliphatic hydroxyl groups excluding tert-OH is 3. The molecule has 3 N–H and O–H groups in total. The molecule has 6 heteroatoms. The quantitative estimate of drug-likeness (QED) is 0.614. The normalized spacial score (nSPS) is 32.4. The highest BCUT2D eigenvalue weighted by atomic mass is 16.6. The molecule has 0 saturated carbocycles. The summed E-state index contributed by atoms with van der Waals surface area (Å²) < 4.78 is 5.30. The second kappa shape index (κ2) is 4.77. The first kappa shape index (κ1) is 12.0. The molecule has 1 saturated heterocycles. The van der Waals surface area contributed by atoms with Gasteiger partial charge in [0.1, 0.15) is 30.5 Å². The molecule has 90 valence electrons. The number of hydrogen-bond donors (Lipinski definition) is 3. The summed E-state index contributed by atoms with van der Waals surface area (Å²) in [6, 6.07) is 5.04. The molecule has 0 aromatic carbocycles. The number of nitrogens with zero attached hydrogens (tertiary/aromatic N) is 2. The molecular formula is C11H12N2O4. The van der Waals surface area contributed by atoms with Gasteiger partial charge in [0.05, 0.1) is 17.9 Å². The standard InChI is InChI=1S/C11H12N2O4/c12-3-6-1-2-7(13-4-6)11-10(16)9(15)8(5-14)17-11/h1-2,4,8-11,14-16H,5H2/t8-,9-,10-,11?/m1/s1. The summed E-state index contributed by atoms with van der Waals surface area (Å²) in [4.78, 5) is 3.98. The Morgan fingerprint density at radius 2 is 2.12 bits per heavy atom. The molecule has 0 aliphatic carbocycles. The molecule has 0 bridgehead atoms. The van der Waals surface area contributed by atoms with E-state index in [-0.39, 0.29) is 6.61 Å². The minimum Gasteiger partial charge on any atom is -0.394 e. The highest BCUT2D eigenvalue weighted by Gasteiger charge is 2.43. The van der Waals surface area contributed by atoms with Gasteiger partial charge in [0.25, 0.3) is 0 Å². The van der Waals surface area contributed by atoms with E-state index in [1.165, 1.54) is 6.20 Å². The number of ether oxygens (including phenoxy) is 1. The predicted octanol–water partition coefficient (Wildman–Crippen LogP) is -0.893. The maximum Gasteiger partial charge on any atom is 0.128 e. The van der Waals surface area contributed by atoms with Crippen LogP contribution in [0.4, 0.5) is 0 Å². The van der Waals surface area contributed by atoms with E-state index in [9.17, 15) is 10.2 Å². The third-order valence-corrected chi connectivity index (χ3v) is 2.75. The molecule has 1 aliphatic heterocycles. The van der Waals surface area contributed by atoms with Gasteiger partial charge in [0, 0.05) is 6.20 Å². The summed E-state index contributed by atoms with van der Waals surface area (Å²) in [6.07, 6.45) is -2.50. The van der Waals surface area contributed by atoms with E-state index in [2.05, 4.69) is 4.98 Å². The van der Waals surface area contributed by atoms with Gasteiger partial charge in [-0.3, -0.25) is 4.98 Å². The Kier molecular flexibility index (Phi) is 3.36. The maximum absolute atomic E-state index is 9.75. The van der Waals surface area contributed by atoms with Gasteiger partial charge >= 0.3 is 0 Å². The summed E-state index contributed by atoms with van der Waals surface area (Å²) in [5.74, 6) is 0. The van der Waals surface area contributed by atoms with Crippen LogP contribution in [0.15, 0.2) is 18.3 Å². The van der Waals surface area contributed by atoms with Crippen LogP contribution >= 0.6 is 0 Å². The molecule has 0 radical (unpaired) electrons. The van der Waals surface area contributed by atoms with E-state index in [1.54, 1.807) is 12.1 Å². The van der Waals surface area contributed by atoms with Crippen LogP contribution in [-0.2, 0) is 4.74 Å². The summed E-state index contributed by atoms with van der Waals surface area (Å²) in [5.41, 5.74) is 0.826. The van der Waals surface area contributed by atoms with Gasteiger partial charge in [-0.1, -0.05) is 0 Å². The Bertz CT molecular complexity index is 428. The number of aromatic nitrogens is 1. The van der Waals surface area contributed by atoms with Crippen molar-refractivity contribution >= 4 is 0 Å². The lowest BCUT2D eigenvalue weighted by atomic mass is 10.1. The lowest BCUT2D eigenvalue weighted by Crippen LogP contribution is -2.32. The molecule has 2 rings (SSSR count). The molecule has 1 unspecified atom stereocenters. The van der Waals surface area contributed by atoms with Crippen molar-refractivity contribution in [3.05, 3.63) is 29.6 Å². The largest absolute Gasteiger partial charge is 0.394 e. The average molecular weight is 236 g/mol. The van der Waals surface area contributed by atoms with Gasteiger partial charge in [0.15, 0.2) is 0 Å². The van der Waals surface area contributed by atoms with Crippen LogP contribution in [0.25, 0.3) is 0 Å². The zero-order valence-electron chi connectivity index (χ0n) is 8.89. The minimum atomic E-state index is -1.14. The highest BCUT2D eigenvalue weighted by molar-refractivity contribution is 5.27. The number of nitriles is 1. The fourth-order valence-corrected chi connectivity index (χ4v) is 1.78. The van der Waals surface area contributed by atoms with Crippen molar-refractivity contribution in [3.63, 3.8) is 0 Å². The molecule has 4 atom stereocenters. The van der Waals surface area contributed by atoms with Gasteiger partial charge in [-0.25, -0.2) is 0 Å². The number of pyridine rings is 1. The molecule has 1 aromatic heterocycles. The average Bonchev–Trinajstić information content (AvgIpc) is 2.66. The Morgan fingerprint density at radius 3 is 2.59 bits per heavy atom. The van der Waals surface area contributed by atoms with Crippen LogP contribution in [0.1, 0.15) is 17.4 Å². The van der Waals surface area contributed by atoms with Crippen molar-refractivity contribution in [2.75, 3.05) is 6.61 Å². The number of rotatable bonds is 2. The molecule has 17 heavy (non-hydrogen) atoms. The van der Waals surface area contributed by atoms with Crippen molar-refractivity contribution in [2.45, 2.75) is 24.4 Å². The molecule has 0 spiro atoms. The molecule has 1 aromatic rings. The van der Waals surface area contributed by atoms with Crippen molar-refractivity contribution in [1.29, 1.82) is 5.26 Å². The maximum atomic E-state index is 9.75. The number of hydrogen-bond acceptors (Lipinski definition) is 6. The van der Waals surface area contributed by atoms with E-state index in [1.807, 2.05) is 6.07 Å². The lowest BCUT2D eigenvalue weighted by molar-refractivity contribution is -0.0239. The van der Waals surface area contributed by atoms with Crippen molar-refractivity contribution in [1.82, 2.24) is 4.98 Å². The van der Waals surface area contributed by atoms with Crippen LogP contribution in [0.5, 0.6) is 0 Å². The Balaban J connectivity index is 2.20. The topological polar surface area (TPSA) is 107 Å². The molecule has 1 fully saturated rings. The zero-order chi connectivity index (χ0) is 12.4.